The van der Waals surface area contributed by atoms with Gasteiger partial charge in [0.1, 0.15) is 0 Å². The summed E-state index contributed by atoms with van der Waals surface area (Å²) in [5.41, 5.74) is -1.38. The van der Waals surface area contributed by atoms with Crippen molar-refractivity contribution in [3.8, 4) is 0 Å². The van der Waals surface area contributed by atoms with Crippen molar-refractivity contribution in [1.29, 1.82) is 0 Å². The summed E-state index contributed by atoms with van der Waals surface area (Å²) in [6.45, 7) is 0. The van der Waals surface area contributed by atoms with Crippen molar-refractivity contribution in [1.82, 2.24) is 0 Å². The first-order valence-corrected chi connectivity index (χ1v) is 5.17. The van der Waals surface area contributed by atoms with Crippen molar-refractivity contribution in [2.45, 2.75) is 11.0 Å². The number of para-hydroxylation sites is 1. The van der Waals surface area contributed by atoms with E-state index in [0.717, 1.165) is 0 Å². The van der Waals surface area contributed by atoms with E-state index >= 15 is 0 Å². The normalized spacial score (nSPS) is 14.4. The van der Waals surface area contributed by atoms with E-state index in [9.17, 15) is 9.90 Å². The molecule has 0 spiro atoms. The van der Waals surface area contributed by atoms with Gasteiger partial charge in [-0.2, -0.15) is 0 Å². The number of carbonyl (C=O) groups is 1. The first kappa shape index (κ1) is 11.0. The van der Waals surface area contributed by atoms with Crippen LogP contribution < -0.4 is 5.32 Å². The van der Waals surface area contributed by atoms with Gasteiger partial charge in [-0.15, -0.1) is 0 Å². The number of aliphatic carboxylic acids is 1. The van der Waals surface area contributed by atoms with Gasteiger partial charge in [0.05, 0.1) is 0 Å². The Balaban J connectivity index is 2.81. The molecule has 0 unspecified atom stereocenters. The minimum absolute atomic E-state index is 0.0305. The summed E-state index contributed by atoms with van der Waals surface area (Å²) in [4.78, 5) is 10.7. The summed E-state index contributed by atoms with van der Waals surface area (Å²) >= 11 is 2.49. The van der Waals surface area contributed by atoms with E-state index in [0.29, 0.717) is 5.69 Å². The molecule has 3 N–H and O–H groups in total. The van der Waals surface area contributed by atoms with Gasteiger partial charge >= 0.3 is 89.4 Å². The molecular weight excluding hydrogens is 249 g/mol. The summed E-state index contributed by atoms with van der Waals surface area (Å²) in [5, 5.41) is 20.9. The van der Waals surface area contributed by atoms with Crippen LogP contribution in [0.4, 0.5) is 5.69 Å². The number of carboxylic acid groups (broad SMARTS) is 1. The Morgan fingerprint density at radius 3 is 2.43 bits per heavy atom. The second-order valence-corrected chi connectivity index (χ2v) is 3.41. The van der Waals surface area contributed by atoms with Gasteiger partial charge in [-0.3, -0.25) is 0 Å². The Labute approximate surface area is 89.8 Å². The molecule has 0 aliphatic rings. The SMILES string of the molecule is O=C(O)[C@](O)(C[Se])Nc1ccccc1. The van der Waals surface area contributed by atoms with E-state index in [1.165, 1.54) is 0 Å². The fourth-order valence-corrected chi connectivity index (χ4v) is 1.32. The fourth-order valence-electron chi connectivity index (χ4n) is 0.912. The number of benzene rings is 1. The summed E-state index contributed by atoms with van der Waals surface area (Å²) in [7, 11) is 0. The number of aliphatic hydroxyl groups is 1. The van der Waals surface area contributed by atoms with Crippen molar-refractivity contribution >= 4 is 27.7 Å². The molecule has 4 nitrogen and oxygen atoms in total. The first-order chi connectivity index (χ1) is 6.58. The average Bonchev–Trinajstić information content (AvgIpc) is 2.19. The molecule has 5 heteroatoms. The third-order valence-corrected chi connectivity index (χ3v) is 2.56. The predicted molar refractivity (Wildman–Crippen MR) is 53.2 cm³/mol. The van der Waals surface area contributed by atoms with Crippen molar-refractivity contribution in [2.75, 3.05) is 5.32 Å². The zero-order valence-electron chi connectivity index (χ0n) is 7.30. The third kappa shape index (κ3) is 2.48. The third-order valence-electron chi connectivity index (χ3n) is 1.69. The molecule has 75 valence electrons. The second kappa shape index (κ2) is 4.46. The Morgan fingerprint density at radius 2 is 2.00 bits per heavy atom. The van der Waals surface area contributed by atoms with Crippen LogP contribution in [0.2, 0.25) is 5.32 Å². The molecule has 1 rings (SSSR count). The Morgan fingerprint density at radius 1 is 1.43 bits per heavy atom. The van der Waals surface area contributed by atoms with Crippen LogP contribution in [0.1, 0.15) is 0 Å². The molecule has 1 atom stereocenters. The Kier molecular flexibility index (Phi) is 3.52. The average molecular weight is 259 g/mol. The molecule has 0 saturated carbocycles. The van der Waals surface area contributed by atoms with Crippen LogP contribution in [0.15, 0.2) is 30.3 Å². The summed E-state index contributed by atoms with van der Waals surface area (Å²) in [6, 6.07) is 8.68. The van der Waals surface area contributed by atoms with Gasteiger partial charge < -0.3 is 0 Å². The van der Waals surface area contributed by atoms with Crippen LogP contribution in [0.3, 0.4) is 0 Å². The van der Waals surface area contributed by atoms with Gasteiger partial charge in [-0.05, 0) is 0 Å². The molecule has 0 bridgehead atoms. The summed E-state index contributed by atoms with van der Waals surface area (Å²) in [6.07, 6.45) is 0. The van der Waals surface area contributed by atoms with E-state index in [4.69, 9.17) is 5.11 Å². The molecule has 1 aromatic rings. The standard InChI is InChI=1S/C9H10NO3Se/c11-8(12)9(13,6-14)10-7-4-2-1-3-5-7/h1-5,10,13H,6H2,(H,11,12)/t9-/m1/s1. The van der Waals surface area contributed by atoms with Gasteiger partial charge in [-0.25, -0.2) is 0 Å². The predicted octanol–water partition coefficient (Wildman–Crippen LogP) is 0.458. The first-order valence-electron chi connectivity index (χ1n) is 3.95. The molecule has 1 radical (unpaired) electrons. The van der Waals surface area contributed by atoms with E-state index in [-0.39, 0.29) is 5.32 Å². The number of nitrogens with one attached hydrogen (secondary N) is 1. The van der Waals surface area contributed by atoms with Gasteiger partial charge in [0, 0.05) is 0 Å². The zero-order valence-corrected chi connectivity index (χ0v) is 9.02. The van der Waals surface area contributed by atoms with Crippen molar-refractivity contribution in [2.24, 2.45) is 0 Å². The molecule has 0 fully saturated rings. The maximum absolute atomic E-state index is 10.7. The molecule has 0 aliphatic carbocycles. The van der Waals surface area contributed by atoms with Gasteiger partial charge in [-0.1, -0.05) is 0 Å². The monoisotopic (exact) mass is 260 g/mol. The Bertz CT molecular complexity index is 317. The quantitative estimate of drug-likeness (QED) is 0.542. The molecule has 0 aromatic heterocycles. The van der Waals surface area contributed by atoms with Crippen LogP contribution in [0, 0.1) is 0 Å². The Hall–Kier alpha value is -1.03. The molecule has 1 aromatic carbocycles. The van der Waals surface area contributed by atoms with Gasteiger partial charge in [0.15, 0.2) is 0 Å². The molecular formula is C9H10NO3Se. The van der Waals surface area contributed by atoms with Crippen molar-refractivity contribution in [3.63, 3.8) is 0 Å². The van der Waals surface area contributed by atoms with E-state index in [1.807, 2.05) is 6.07 Å². The second-order valence-electron chi connectivity index (χ2n) is 2.80. The number of rotatable bonds is 4. The van der Waals surface area contributed by atoms with Crippen LogP contribution >= 0.6 is 0 Å². The number of hydrogen-bond acceptors (Lipinski definition) is 3. The van der Waals surface area contributed by atoms with Crippen LogP contribution in [0.25, 0.3) is 0 Å². The number of anilines is 1. The number of carboxylic acids is 1. The topological polar surface area (TPSA) is 69.6 Å². The molecule has 0 aliphatic heterocycles. The molecule has 14 heavy (non-hydrogen) atoms. The van der Waals surface area contributed by atoms with E-state index in [1.54, 1.807) is 24.3 Å². The summed E-state index contributed by atoms with van der Waals surface area (Å²) in [5.74, 6) is -1.31. The van der Waals surface area contributed by atoms with E-state index in [2.05, 4.69) is 21.3 Å². The number of hydrogen-bond donors (Lipinski definition) is 3. The van der Waals surface area contributed by atoms with Crippen molar-refractivity contribution in [3.05, 3.63) is 30.3 Å². The van der Waals surface area contributed by atoms with Crippen LogP contribution in [0.5, 0.6) is 0 Å². The van der Waals surface area contributed by atoms with Gasteiger partial charge in [0.2, 0.25) is 0 Å². The molecule has 0 amide bonds. The van der Waals surface area contributed by atoms with Crippen molar-refractivity contribution < 1.29 is 15.0 Å². The molecule has 0 heterocycles. The summed E-state index contributed by atoms with van der Waals surface area (Å²) < 4.78 is 0. The van der Waals surface area contributed by atoms with Gasteiger partial charge in [0.25, 0.3) is 0 Å². The fraction of sp³-hybridized carbons (Fsp3) is 0.222. The maximum atomic E-state index is 10.7. The van der Waals surface area contributed by atoms with Crippen LogP contribution in [-0.4, -0.2) is 37.9 Å². The zero-order chi connectivity index (χ0) is 10.6. The van der Waals surface area contributed by atoms with Crippen LogP contribution in [-0.2, 0) is 4.79 Å². The minimum atomic E-state index is -1.94. The molecule has 0 saturated heterocycles. The van der Waals surface area contributed by atoms with E-state index < -0.39 is 11.7 Å².